The van der Waals surface area contributed by atoms with E-state index in [-0.39, 0.29) is 23.4 Å². The number of benzene rings is 3. The lowest BCUT2D eigenvalue weighted by Crippen LogP contribution is -2.32. The van der Waals surface area contributed by atoms with Crippen molar-refractivity contribution in [1.82, 2.24) is 4.90 Å². The van der Waals surface area contributed by atoms with E-state index in [0.717, 1.165) is 22.8 Å². The Balaban J connectivity index is 1.38. The van der Waals surface area contributed by atoms with Gasteiger partial charge in [0.1, 0.15) is 5.82 Å². The van der Waals surface area contributed by atoms with Gasteiger partial charge >= 0.3 is 6.18 Å². The van der Waals surface area contributed by atoms with Crippen LogP contribution in [0.1, 0.15) is 47.6 Å². The van der Waals surface area contributed by atoms with Gasteiger partial charge in [-0.25, -0.2) is 12.8 Å². The summed E-state index contributed by atoms with van der Waals surface area (Å²) in [5.74, 6) is -0.524. The molecular weight excluding hydrogens is 502 g/mol. The average Bonchev–Trinajstić information content (AvgIpc) is 2.86. The Morgan fingerprint density at radius 3 is 2.38 bits per heavy atom. The van der Waals surface area contributed by atoms with E-state index in [1.54, 1.807) is 30.3 Å². The first-order chi connectivity index (χ1) is 17.4. The van der Waals surface area contributed by atoms with Crippen molar-refractivity contribution < 1.29 is 26.0 Å². The fraction of sp³-hybridized carbons (Fsp3) is 0.379. The van der Waals surface area contributed by atoms with Gasteiger partial charge in [0, 0.05) is 19.6 Å². The molecule has 0 aliphatic carbocycles. The minimum absolute atomic E-state index is 0.00650. The molecule has 198 valence electrons. The van der Waals surface area contributed by atoms with Crippen LogP contribution in [-0.2, 0) is 35.4 Å². The van der Waals surface area contributed by atoms with Crippen LogP contribution < -0.4 is 0 Å². The van der Waals surface area contributed by atoms with Gasteiger partial charge in [0.25, 0.3) is 0 Å². The van der Waals surface area contributed by atoms with Gasteiger partial charge in [-0.3, -0.25) is 4.90 Å². The maximum absolute atomic E-state index is 13.2. The standard InChI is InChI=1S/C29H31F4NO2S/c1-20(21(2)23-6-9-27(30)10-7-23)19-37(35,36)28-11-8-25-18-34(15-13-24(25)17-28)14-12-22-4-3-5-26(16-22)29(31,32)33/h3-11,16-17,20-21H,12-15,18-19H2,1-2H3. The van der Waals surface area contributed by atoms with Crippen molar-refractivity contribution in [2.75, 3.05) is 18.8 Å². The fourth-order valence-corrected chi connectivity index (χ4v) is 6.61. The molecular formula is C29H31F4NO2S. The first-order valence-electron chi connectivity index (χ1n) is 12.4. The van der Waals surface area contributed by atoms with Gasteiger partial charge in [0.2, 0.25) is 0 Å². The maximum atomic E-state index is 13.2. The van der Waals surface area contributed by atoms with Crippen molar-refractivity contribution in [3.63, 3.8) is 0 Å². The molecule has 1 aliphatic heterocycles. The third-order valence-electron chi connectivity index (χ3n) is 7.33. The molecule has 0 saturated carbocycles. The molecule has 0 radical (unpaired) electrons. The minimum atomic E-state index is -4.35. The molecule has 1 aliphatic rings. The quantitative estimate of drug-likeness (QED) is 0.304. The number of halogens is 4. The topological polar surface area (TPSA) is 37.4 Å². The Labute approximate surface area is 216 Å². The lowest BCUT2D eigenvalue weighted by atomic mass is 9.90. The smallest absolute Gasteiger partial charge is 0.298 e. The lowest BCUT2D eigenvalue weighted by Gasteiger charge is -2.29. The van der Waals surface area contributed by atoms with Gasteiger partial charge in [-0.1, -0.05) is 50.2 Å². The highest BCUT2D eigenvalue weighted by atomic mass is 32.2. The van der Waals surface area contributed by atoms with Crippen LogP contribution in [0.5, 0.6) is 0 Å². The summed E-state index contributed by atoms with van der Waals surface area (Å²) in [6.07, 6.45) is -3.16. The van der Waals surface area contributed by atoms with Gasteiger partial charge in [-0.15, -0.1) is 0 Å². The van der Waals surface area contributed by atoms with Crippen LogP contribution in [0.3, 0.4) is 0 Å². The third kappa shape index (κ3) is 6.79. The number of fused-ring (bicyclic) bond motifs is 1. The minimum Gasteiger partial charge on any atom is -0.298 e. The molecule has 0 fully saturated rings. The summed E-state index contributed by atoms with van der Waals surface area (Å²) in [4.78, 5) is 2.49. The summed E-state index contributed by atoms with van der Waals surface area (Å²) in [5, 5.41) is 0. The molecule has 3 nitrogen and oxygen atoms in total. The normalized spacial score (nSPS) is 16.3. The van der Waals surface area contributed by atoms with E-state index < -0.39 is 21.6 Å². The van der Waals surface area contributed by atoms with Crippen molar-refractivity contribution in [2.45, 2.75) is 50.2 Å². The Kier molecular flexibility index (Phi) is 8.09. The van der Waals surface area contributed by atoms with Gasteiger partial charge in [0.05, 0.1) is 16.2 Å². The van der Waals surface area contributed by atoms with Gasteiger partial charge in [-0.05, 0) is 77.3 Å². The Bertz CT molecular complexity index is 1340. The summed E-state index contributed by atoms with van der Waals surface area (Å²) in [6, 6.07) is 16.9. The SMILES string of the molecule is CC(CS(=O)(=O)c1ccc2c(c1)CCN(CCc1cccc(C(F)(F)F)c1)C2)C(C)c1ccc(F)cc1. The monoisotopic (exact) mass is 533 g/mol. The second kappa shape index (κ2) is 11.0. The summed E-state index contributed by atoms with van der Waals surface area (Å²) in [5.41, 5.74) is 2.95. The van der Waals surface area contributed by atoms with E-state index in [1.807, 2.05) is 19.9 Å². The molecule has 1 heterocycles. The molecule has 37 heavy (non-hydrogen) atoms. The van der Waals surface area contributed by atoms with Gasteiger partial charge < -0.3 is 0 Å². The van der Waals surface area contributed by atoms with E-state index in [9.17, 15) is 26.0 Å². The summed E-state index contributed by atoms with van der Waals surface area (Å²) in [7, 11) is -3.51. The first-order valence-corrected chi connectivity index (χ1v) is 14.1. The van der Waals surface area contributed by atoms with Gasteiger partial charge in [-0.2, -0.15) is 13.2 Å². The Morgan fingerprint density at radius 1 is 0.946 bits per heavy atom. The molecule has 0 saturated heterocycles. The number of sulfone groups is 1. The number of rotatable bonds is 8. The van der Waals surface area contributed by atoms with Crippen LogP contribution in [0.2, 0.25) is 0 Å². The highest BCUT2D eigenvalue weighted by Gasteiger charge is 2.30. The van der Waals surface area contributed by atoms with E-state index in [2.05, 4.69) is 4.90 Å². The zero-order valence-electron chi connectivity index (χ0n) is 20.9. The third-order valence-corrected chi connectivity index (χ3v) is 9.27. The molecule has 2 atom stereocenters. The molecule has 3 aromatic rings. The van der Waals surface area contributed by atoms with Crippen molar-refractivity contribution >= 4 is 9.84 Å². The van der Waals surface area contributed by atoms with Crippen molar-refractivity contribution in [3.8, 4) is 0 Å². The first kappa shape index (κ1) is 27.3. The predicted octanol–water partition coefficient (Wildman–Crippen LogP) is 6.66. The summed E-state index contributed by atoms with van der Waals surface area (Å²) in [6.45, 7) is 5.82. The molecule has 8 heteroatoms. The maximum Gasteiger partial charge on any atom is 0.416 e. The lowest BCUT2D eigenvalue weighted by molar-refractivity contribution is -0.137. The highest BCUT2D eigenvalue weighted by Crippen LogP contribution is 2.31. The number of nitrogens with zero attached hydrogens (tertiary/aromatic N) is 1. The fourth-order valence-electron chi connectivity index (χ4n) is 4.84. The van der Waals surface area contributed by atoms with Crippen LogP contribution in [0.4, 0.5) is 17.6 Å². The Hall–Kier alpha value is -2.71. The molecule has 0 bridgehead atoms. The highest BCUT2D eigenvalue weighted by molar-refractivity contribution is 7.91. The molecule has 3 aromatic carbocycles. The van der Waals surface area contributed by atoms with E-state index in [0.29, 0.717) is 42.9 Å². The van der Waals surface area contributed by atoms with E-state index >= 15 is 0 Å². The van der Waals surface area contributed by atoms with E-state index in [1.165, 1.54) is 24.3 Å². The molecule has 0 N–H and O–H groups in total. The summed E-state index contributed by atoms with van der Waals surface area (Å²) < 4.78 is 78.6. The van der Waals surface area contributed by atoms with Crippen LogP contribution in [0.25, 0.3) is 0 Å². The summed E-state index contributed by atoms with van der Waals surface area (Å²) >= 11 is 0. The predicted molar refractivity (Wildman–Crippen MR) is 137 cm³/mol. The number of hydrogen-bond donors (Lipinski definition) is 0. The van der Waals surface area contributed by atoms with Crippen molar-refractivity contribution in [3.05, 3.63) is 100 Å². The van der Waals surface area contributed by atoms with Crippen LogP contribution in [-0.4, -0.2) is 32.2 Å². The molecule has 0 spiro atoms. The molecule has 0 amide bonds. The van der Waals surface area contributed by atoms with Crippen LogP contribution in [0, 0.1) is 11.7 Å². The zero-order chi connectivity index (χ0) is 26.8. The van der Waals surface area contributed by atoms with Crippen LogP contribution in [0.15, 0.2) is 71.6 Å². The molecule has 4 rings (SSSR count). The average molecular weight is 534 g/mol. The zero-order valence-corrected chi connectivity index (χ0v) is 21.7. The second-order valence-electron chi connectivity index (χ2n) is 10.0. The van der Waals surface area contributed by atoms with Crippen LogP contribution >= 0.6 is 0 Å². The largest absolute Gasteiger partial charge is 0.416 e. The van der Waals surface area contributed by atoms with Gasteiger partial charge in [0.15, 0.2) is 9.84 Å². The van der Waals surface area contributed by atoms with E-state index in [4.69, 9.17) is 0 Å². The second-order valence-corrected chi connectivity index (χ2v) is 12.0. The Morgan fingerprint density at radius 2 is 1.68 bits per heavy atom. The van der Waals surface area contributed by atoms with Crippen molar-refractivity contribution in [2.24, 2.45) is 5.92 Å². The molecule has 2 unspecified atom stereocenters. The number of alkyl halides is 3. The number of hydrogen-bond acceptors (Lipinski definition) is 3. The molecule has 0 aromatic heterocycles. The van der Waals surface area contributed by atoms with Crippen molar-refractivity contribution in [1.29, 1.82) is 0 Å².